The summed E-state index contributed by atoms with van der Waals surface area (Å²) in [6.45, 7) is 3.78. The molecule has 4 nitrogen and oxygen atoms in total. The molecule has 4 rings (SSSR count). The van der Waals surface area contributed by atoms with Crippen molar-refractivity contribution in [2.75, 3.05) is 19.8 Å². The Morgan fingerprint density at radius 2 is 2.23 bits per heavy atom. The molecule has 0 unspecified atom stereocenters. The van der Waals surface area contributed by atoms with Crippen molar-refractivity contribution in [2.45, 2.75) is 31.8 Å². The smallest absolute Gasteiger partial charge is 0.102 e. The molecule has 0 bridgehead atoms. The minimum atomic E-state index is 0.656. The average molecular weight is 295 g/mol. The Hall–Kier alpha value is -1.83. The molecule has 0 aromatic carbocycles. The molecule has 4 heteroatoms. The van der Waals surface area contributed by atoms with Crippen LogP contribution >= 0.6 is 0 Å². The number of aromatic nitrogens is 1. The first-order valence-electron chi connectivity index (χ1n) is 8.15. The van der Waals surface area contributed by atoms with E-state index in [2.05, 4.69) is 21.6 Å². The second kappa shape index (κ2) is 5.75. The second-order valence-electron chi connectivity index (χ2n) is 6.52. The summed E-state index contributed by atoms with van der Waals surface area (Å²) < 4.78 is 7.59. The summed E-state index contributed by atoms with van der Waals surface area (Å²) in [5.74, 6) is 0.656. The van der Waals surface area contributed by atoms with Gasteiger partial charge in [0.25, 0.3) is 0 Å². The van der Waals surface area contributed by atoms with Gasteiger partial charge in [-0.1, -0.05) is 6.07 Å². The lowest BCUT2D eigenvalue weighted by Gasteiger charge is -2.24. The fourth-order valence-electron chi connectivity index (χ4n) is 3.49. The van der Waals surface area contributed by atoms with Crippen LogP contribution in [0.4, 0.5) is 0 Å². The van der Waals surface area contributed by atoms with Gasteiger partial charge in [0, 0.05) is 43.7 Å². The number of rotatable bonds is 5. The minimum Gasteiger partial charge on any atom is -0.381 e. The maximum Gasteiger partial charge on any atom is 0.102 e. The van der Waals surface area contributed by atoms with Gasteiger partial charge in [0.1, 0.15) is 6.07 Å². The summed E-state index contributed by atoms with van der Waals surface area (Å²) >= 11 is 0. The van der Waals surface area contributed by atoms with Crippen molar-refractivity contribution in [1.29, 1.82) is 5.26 Å². The van der Waals surface area contributed by atoms with Crippen molar-refractivity contribution in [3.8, 4) is 6.07 Å². The first-order valence-corrected chi connectivity index (χ1v) is 8.15. The highest BCUT2D eigenvalue weighted by molar-refractivity contribution is 5.65. The lowest BCUT2D eigenvalue weighted by Crippen LogP contribution is -2.31. The van der Waals surface area contributed by atoms with Crippen molar-refractivity contribution >= 4 is 5.52 Å². The largest absolute Gasteiger partial charge is 0.381 e. The van der Waals surface area contributed by atoms with Crippen LogP contribution in [0.15, 0.2) is 30.6 Å². The van der Waals surface area contributed by atoms with E-state index in [1.54, 1.807) is 0 Å². The van der Waals surface area contributed by atoms with E-state index in [0.717, 1.165) is 42.9 Å². The van der Waals surface area contributed by atoms with E-state index in [1.807, 2.05) is 24.4 Å². The highest BCUT2D eigenvalue weighted by Crippen LogP contribution is 2.31. The van der Waals surface area contributed by atoms with Gasteiger partial charge >= 0.3 is 0 Å². The maximum absolute atomic E-state index is 9.55. The molecule has 0 amide bonds. The van der Waals surface area contributed by atoms with E-state index >= 15 is 0 Å². The van der Waals surface area contributed by atoms with Crippen LogP contribution in [0.2, 0.25) is 0 Å². The van der Waals surface area contributed by atoms with E-state index in [1.165, 1.54) is 19.3 Å². The summed E-state index contributed by atoms with van der Waals surface area (Å²) in [7, 11) is 0. The summed E-state index contributed by atoms with van der Waals surface area (Å²) in [5, 5.41) is 9.55. The first-order chi connectivity index (χ1) is 10.8. The normalized spacial score (nSPS) is 21.5. The maximum atomic E-state index is 9.55. The Kier molecular flexibility index (Phi) is 3.61. The molecule has 1 aliphatic carbocycles. The van der Waals surface area contributed by atoms with Crippen LogP contribution in [0, 0.1) is 17.2 Å². The van der Waals surface area contributed by atoms with Gasteiger partial charge in [0.2, 0.25) is 0 Å². The molecule has 1 saturated carbocycles. The molecule has 0 radical (unpaired) electrons. The number of nitriles is 1. The molecule has 0 spiro atoms. The zero-order valence-electron chi connectivity index (χ0n) is 12.7. The van der Waals surface area contributed by atoms with Crippen LogP contribution < -0.4 is 0 Å². The fourth-order valence-corrected chi connectivity index (χ4v) is 3.49. The number of ether oxygens (including phenoxy) is 1. The molecule has 1 atom stereocenters. The number of fused-ring (bicyclic) bond motifs is 1. The molecular formula is C18H21N3O. The Morgan fingerprint density at radius 3 is 2.95 bits per heavy atom. The summed E-state index contributed by atoms with van der Waals surface area (Å²) in [4.78, 5) is 2.56. The van der Waals surface area contributed by atoms with Crippen molar-refractivity contribution < 1.29 is 4.74 Å². The molecule has 2 fully saturated rings. The van der Waals surface area contributed by atoms with Crippen molar-refractivity contribution in [3.63, 3.8) is 0 Å². The van der Waals surface area contributed by atoms with Crippen LogP contribution in [0.3, 0.4) is 0 Å². The van der Waals surface area contributed by atoms with Crippen LogP contribution in [0.1, 0.15) is 30.4 Å². The Labute approximate surface area is 130 Å². The lowest BCUT2D eigenvalue weighted by atomic mass is 10.1. The molecule has 2 aromatic rings. The van der Waals surface area contributed by atoms with Gasteiger partial charge in [-0.05, 0) is 37.3 Å². The first kappa shape index (κ1) is 13.8. The lowest BCUT2D eigenvalue weighted by molar-refractivity contribution is 0.161. The van der Waals surface area contributed by atoms with Gasteiger partial charge in [0.05, 0.1) is 17.7 Å². The Bertz CT molecular complexity index is 705. The molecule has 0 N–H and O–H groups in total. The van der Waals surface area contributed by atoms with Crippen molar-refractivity contribution in [3.05, 3.63) is 41.7 Å². The summed E-state index contributed by atoms with van der Waals surface area (Å²) in [6.07, 6.45) is 7.90. The predicted molar refractivity (Wildman–Crippen MR) is 84.5 cm³/mol. The number of pyridine rings is 1. The van der Waals surface area contributed by atoms with Gasteiger partial charge in [-0.2, -0.15) is 5.26 Å². The standard InChI is InChI=1S/C18H21N3O/c19-9-17-15(11-20-7-2-1-3-18(17)20)12-21(16-4-5-16)10-14-6-8-22-13-14/h1-3,7,11,14,16H,4-6,8,10,12-13H2/t14-/m0/s1. The average Bonchev–Trinajstić information content (AvgIpc) is 3.14. The zero-order valence-corrected chi connectivity index (χ0v) is 12.7. The zero-order chi connectivity index (χ0) is 14.9. The highest BCUT2D eigenvalue weighted by atomic mass is 16.5. The molecule has 22 heavy (non-hydrogen) atoms. The molecule has 2 aliphatic rings. The monoisotopic (exact) mass is 295 g/mol. The predicted octanol–water partition coefficient (Wildman–Crippen LogP) is 2.81. The molecular weight excluding hydrogens is 274 g/mol. The van der Waals surface area contributed by atoms with Gasteiger partial charge in [-0.15, -0.1) is 0 Å². The second-order valence-corrected chi connectivity index (χ2v) is 6.52. The molecule has 3 heterocycles. The van der Waals surface area contributed by atoms with E-state index in [0.29, 0.717) is 12.0 Å². The molecule has 2 aromatic heterocycles. The van der Waals surface area contributed by atoms with E-state index in [4.69, 9.17) is 4.74 Å². The van der Waals surface area contributed by atoms with Crippen LogP contribution in [-0.2, 0) is 11.3 Å². The van der Waals surface area contributed by atoms with Crippen LogP contribution in [0.25, 0.3) is 5.52 Å². The van der Waals surface area contributed by atoms with E-state index in [-0.39, 0.29) is 0 Å². The van der Waals surface area contributed by atoms with Crippen molar-refractivity contribution in [1.82, 2.24) is 9.30 Å². The Balaban J connectivity index is 1.59. The van der Waals surface area contributed by atoms with Crippen molar-refractivity contribution in [2.24, 2.45) is 5.92 Å². The number of nitrogens with zero attached hydrogens (tertiary/aromatic N) is 3. The molecule has 114 valence electrons. The van der Waals surface area contributed by atoms with Crippen LogP contribution in [-0.4, -0.2) is 35.1 Å². The fraction of sp³-hybridized carbons (Fsp3) is 0.500. The topological polar surface area (TPSA) is 40.7 Å². The van der Waals surface area contributed by atoms with Gasteiger partial charge in [0.15, 0.2) is 0 Å². The summed E-state index contributed by atoms with van der Waals surface area (Å²) in [5.41, 5.74) is 2.99. The minimum absolute atomic E-state index is 0.656. The van der Waals surface area contributed by atoms with E-state index in [9.17, 15) is 5.26 Å². The van der Waals surface area contributed by atoms with Crippen LogP contribution in [0.5, 0.6) is 0 Å². The van der Waals surface area contributed by atoms with Gasteiger partial charge in [-0.25, -0.2) is 0 Å². The third kappa shape index (κ3) is 2.63. The number of hydrogen-bond donors (Lipinski definition) is 0. The van der Waals surface area contributed by atoms with Gasteiger partial charge in [-0.3, -0.25) is 4.90 Å². The third-order valence-electron chi connectivity index (χ3n) is 4.83. The van der Waals surface area contributed by atoms with Gasteiger partial charge < -0.3 is 9.14 Å². The highest BCUT2D eigenvalue weighted by Gasteiger charge is 2.32. The van der Waals surface area contributed by atoms with E-state index < -0.39 is 0 Å². The quantitative estimate of drug-likeness (QED) is 0.851. The third-order valence-corrected chi connectivity index (χ3v) is 4.83. The SMILES string of the molecule is N#Cc1c(CN(C[C@@H]2CCOC2)C2CC2)cn2ccccc12. The Morgan fingerprint density at radius 1 is 1.32 bits per heavy atom. The molecule has 1 saturated heterocycles. The number of hydrogen-bond acceptors (Lipinski definition) is 3. The summed E-state index contributed by atoms with van der Waals surface area (Å²) in [6, 6.07) is 9.13. The molecule has 1 aliphatic heterocycles.